The van der Waals surface area contributed by atoms with E-state index < -0.39 is 11.6 Å². The number of para-hydroxylation sites is 1. The van der Waals surface area contributed by atoms with Gasteiger partial charge in [0.05, 0.1) is 0 Å². The lowest BCUT2D eigenvalue weighted by Gasteiger charge is -2.21. The Morgan fingerprint density at radius 3 is 2.48 bits per heavy atom. The number of hydrogen-bond donors (Lipinski definition) is 2. The molecule has 2 fully saturated rings. The predicted octanol–water partition coefficient (Wildman–Crippen LogP) is 3.26. The van der Waals surface area contributed by atoms with E-state index in [0.717, 1.165) is 18.8 Å². The molecule has 2 N–H and O–H groups in total. The number of benzene rings is 2. The fourth-order valence-electron chi connectivity index (χ4n) is 3.84. The summed E-state index contributed by atoms with van der Waals surface area (Å²) in [7, 11) is 1.75. The van der Waals surface area contributed by atoms with E-state index in [1.54, 1.807) is 11.9 Å². The standard InChI is InChI=1S/C21H24F2N4/c1-24-21(26-19-12-16(19)14-6-3-2-4-7-14)25-15-10-11-27(13-15)20-17(22)8-5-9-18(20)23/h2-9,15-16,19H,10-13H2,1H3,(H2,24,25,26). The average molecular weight is 370 g/mol. The van der Waals surface area contributed by atoms with Crippen molar-refractivity contribution in [1.29, 1.82) is 0 Å². The summed E-state index contributed by atoms with van der Waals surface area (Å²) in [4.78, 5) is 6.08. The minimum atomic E-state index is -0.512. The maximum Gasteiger partial charge on any atom is 0.191 e. The third-order valence-corrected chi connectivity index (χ3v) is 5.35. The second-order valence-electron chi connectivity index (χ2n) is 7.22. The highest BCUT2D eigenvalue weighted by Gasteiger charge is 2.39. The van der Waals surface area contributed by atoms with E-state index in [9.17, 15) is 8.78 Å². The normalized spacial score (nSPS) is 24.8. The smallest absolute Gasteiger partial charge is 0.191 e. The lowest BCUT2D eigenvalue weighted by atomic mass is 10.1. The molecule has 2 aromatic carbocycles. The van der Waals surface area contributed by atoms with Crippen molar-refractivity contribution in [2.24, 2.45) is 4.99 Å². The zero-order valence-corrected chi connectivity index (χ0v) is 15.3. The Labute approximate surface area is 158 Å². The Morgan fingerprint density at radius 1 is 1.04 bits per heavy atom. The first-order chi connectivity index (χ1) is 13.2. The van der Waals surface area contributed by atoms with Gasteiger partial charge in [0, 0.05) is 38.1 Å². The van der Waals surface area contributed by atoms with E-state index in [1.165, 1.54) is 23.8 Å². The summed E-state index contributed by atoms with van der Waals surface area (Å²) in [6.45, 7) is 1.16. The number of guanidine groups is 1. The van der Waals surface area contributed by atoms with Gasteiger partial charge >= 0.3 is 0 Å². The predicted molar refractivity (Wildman–Crippen MR) is 104 cm³/mol. The molecule has 1 heterocycles. The number of nitrogens with zero attached hydrogens (tertiary/aromatic N) is 2. The first kappa shape index (κ1) is 17.8. The Balaban J connectivity index is 1.33. The van der Waals surface area contributed by atoms with Crippen molar-refractivity contribution < 1.29 is 8.78 Å². The Hall–Kier alpha value is -2.63. The van der Waals surface area contributed by atoms with Gasteiger partial charge in [0.15, 0.2) is 5.96 Å². The van der Waals surface area contributed by atoms with E-state index in [-0.39, 0.29) is 11.7 Å². The molecule has 1 aliphatic carbocycles. The SMILES string of the molecule is CN=C(NC1CCN(c2c(F)cccc2F)C1)NC1CC1c1ccccc1. The second kappa shape index (κ2) is 7.55. The van der Waals surface area contributed by atoms with Crippen molar-refractivity contribution in [2.75, 3.05) is 25.0 Å². The molecule has 3 atom stereocenters. The average Bonchev–Trinajstić information content (AvgIpc) is 3.30. The van der Waals surface area contributed by atoms with Crippen molar-refractivity contribution in [3.8, 4) is 0 Å². The van der Waals surface area contributed by atoms with Crippen molar-refractivity contribution in [3.05, 3.63) is 65.7 Å². The summed E-state index contributed by atoms with van der Waals surface area (Å²) in [6, 6.07) is 14.9. The van der Waals surface area contributed by atoms with Crippen molar-refractivity contribution in [1.82, 2.24) is 10.6 Å². The molecule has 142 valence electrons. The van der Waals surface area contributed by atoms with Gasteiger partial charge in [-0.2, -0.15) is 0 Å². The summed E-state index contributed by atoms with van der Waals surface area (Å²) in [5.41, 5.74) is 1.41. The second-order valence-corrected chi connectivity index (χ2v) is 7.22. The molecule has 1 saturated heterocycles. The largest absolute Gasteiger partial charge is 0.365 e. The molecule has 4 nitrogen and oxygen atoms in total. The summed E-state index contributed by atoms with van der Waals surface area (Å²) in [5, 5.41) is 6.87. The molecule has 4 rings (SSSR count). The number of hydrogen-bond acceptors (Lipinski definition) is 2. The minimum absolute atomic E-state index is 0.0658. The summed E-state index contributed by atoms with van der Waals surface area (Å²) >= 11 is 0. The van der Waals surface area contributed by atoms with Gasteiger partial charge in [0.1, 0.15) is 17.3 Å². The summed E-state index contributed by atoms with van der Waals surface area (Å²) in [6.07, 6.45) is 1.89. The van der Waals surface area contributed by atoms with Gasteiger partial charge in [-0.1, -0.05) is 36.4 Å². The molecule has 0 spiro atoms. The molecule has 6 heteroatoms. The van der Waals surface area contributed by atoms with Crippen LogP contribution < -0.4 is 15.5 Å². The number of aliphatic imine (C=N–C) groups is 1. The topological polar surface area (TPSA) is 39.7 Å². The monoisotopic (exact) mass is 370 g/mol. The molecule has 0 radical (unpaired) electrons. The first-order valence-electron chi connectivity index (χ1n) is 9.39. The van der Waals surface area contributed by atoms with Gasteiger partial charge in [-0.15, -0.1) is 0 Å². The Kier molecular flexibility index (Phi) is 4.97. The van der Waals surface area contributed by atoms with Crippen LogP contribution in [-0.4, -0.2) is 38.2 Å². The highest BCUT2D eigenvalue weighted by Crippen LogP contribution is 2.40. The van der Waals surface area contributed by atoms with Crippen LogP contribution >= 0.6 is 0 Å². The molecule has 0 aromatic heterocycles. The molecule has 0 amide bonds. The Bertz CT molecular complexity index is 804. The third-order valence-electron chi connectivity index (χ3n) is 5.35. The van der Waals surface area contributed by atoms with E-state index in [4.69, 9.17) is 0 Å². The summed E-state index contributed by atoms with van der Waals surface area (Å²) in [5.74, 6) is 0.236. The molecule has 1 saturated carbocycles. The summed E-state index contributed by atoms with van der Waals surface area (Å²) < 4.78 is 28.0. The van der Waals surface area contributed by atoms with Gasteiger partial charge in [-0.3, -0.25) is 4.99 Å². The van der Waals surface area contributed by atoms with Gasteiger partial charge < -0.3 is 15.5 Å². The zero-order valence-electron chi connectivity index (χ0n) is 15.3. The lowest BCUT2D eigenvalue weighted by molar-refractivity contribution is 0.576. The van der Waals surface area contributed by atoms with E-state index in [2.05, 4.69) is 39.9 Å². The number of halogens is 2. The van der Waals surface area contributed by atoms with Crippen LogP contribution in [0.25, 0.3) is 0 Å². The van der Waals surface area contributed by atoms with Crippen LogP contribution in [0.3, 0.4) is 0 Å². The minimum Gasteiger partial charge on any atom is -0.365 e. The van der Waals surface area contributed by atoms with Gasteiger partial charge in [-0.05, 0) is 30.5 Å². The van der Waals surface area contributed by atoms with Gasteiger partial charge in [0.25, 0.3) is 0 Å². The number of nitrogens with one attached hydrogen (secondary N) is 2. The van der Waals surface area contributed by atoms with Crippen LogP contribution in [0, 0.1) is 11.6 Å². The van der Waals surface area contributed by atoms with Gasteiger partial charge in [-0.25, -0.2) is 8.78 Å². The zero-order chi connectivity index (χ0) is 18.8. The molecule has 1 aliphatic heterocycles. The van der Waals surface area contributed by atoms with E-state index in [1.807, 2.05) is 6.07 Å². The first-order valence-corrected chi connectivity index (χ1v) is 9.39. The van der Waals surface area contributed by atoms with Crippen molar-refractivity contribution in [3.63, 3.8) is 0 Å². The molecule has 2 aromatic rings. The highest BCUT2D eigenvalue weighted by atomic mass is 19.1. The highest BCUT2D eigenvalue weighted by molar-refractivity contribution is 5.81. The van der Waals surface area contributed by atoms with Crippen LogP contribution in [0.5, 0.6) is 0 Å². The van der Waals surface area contributed by atoms with E-state index in [0.29, 0.717) is 25.0 Å². The number of anilines is 1. The fourth-order valence-corrected chi connectivity index (χ4v) is 3.84. The molecule has 0 bridgehead atoms. The molecule has 3 unspecified atom stereocenters. The fraction of sp³-hybridized carbons (Fsp3) is 0.381. The van der Waals surface area contributed by atoms with Gasteiger partial charge in [0.2, 0.25) is 0 Å². The maximum atomic E-state index is 14.0. The quantitative estimate of drug-likeness (QED) is 0.641. The lowest BCUT2D eigenvalue weighted by Crippen LogP contribution is -2.45. The molecule has 27 heavy (non-hydrogen) atoms. The van der Waals surface area contributed by atoms with Crippen molar-refractivity contribution in [2.45, 2.75) is 30.8 Å². The van der Waals surface area contributed by atoms with Crippen molar-refractivity contribution >= 4 is 11.6 Å². The molecular weight excluding hydrogens is 346 g/mol. The van der Waals surface area contributed by atoms with Crippen LogP contribution in [0.1, 0.15) is 24.3 Å². The number of rotatable bonds is 4. The van der Waals surface area contributed by atoms with Crippen LogP contribution in [0.2, 0.25) is 0 Å². The van der Waals surface area contributed by atoms with E-state index >= 15 is 0 Å². The van der Waals surface area contributed by atoms with Crippen LogP contribution in [-0.2, 0) is 0 Å². The third kappa shape index (κ3) is 3.89. The molecular formula is C21H24F2N4. The Morgan fingerprint density at radius 2 is 1.78 bits per heavy atom. The van der Waals surface area contributed by atoms with Crippen LogP contribution in [0.15, 0.2) is 53.5 Å². The molecule has 2 aliphatic rings. The maximum absolute atomic E-state index is 14.0. The van der Waals surface area contributed by atoms with Crippen LogP contribution in [0.4, 0.5) is 14.5 Å².